The van der Waals surface area contributed by atoms with Gasteiger partial charge in [0, 0.05) is 11.8 Å². The van der Waals surface area contributed by atoms with Crippen LogP contribution in [-0.2, 0) is 6.18 Å². The fraction of sp³-hybridized carbons (Fsp3) is 0.154. The Morgan fingerprint density at radius 1 is 1.30 bits per heavy atom. The standard InChI is InChI=1S/C13H8F3N3O/c1-8-6-12(20)10(7-17)18-19(8)11-5-3-2-4-9(11)13(14,15)16/h2-6H,1H3. The fourth-order valence-electron chi connectivity index (χ4n) is 1.77. The van der Waals surface area contributed by atoms with E-state index >= 15 is 0 Å². The lowest BCUT2D eigenvalue weighted by Gasteiger charge is -2.15. The molecule has 0 saturated heterocycles. The lowest BCUT2D eigenvalue weighted by atomic mass is 10.1. The molecule has 0 radical (unpaired) electrons. The number of hydrogen-bond donors (Lipinski definition) is 0. The van der Waals surface area contributed by atoms with Crippen LogP contribution in [-0.4, -0.2) is 9.78 Å². The zero-order valence-electron chi connectivity index (χ0n) is 10.3. The van der Waals surface area contributed by atoms with Crippen molar-refractivity contribution >= 4 is 0 Å². The molecule has 0 aliphatic carbocycles. The lowest BCUT2D eigenvalue weighted by molar-refractivity contribution is -0.137. The van der Waals surface area contributed by atoms with Gasteiger partial charge >= 0.3 is 6.18 Å². The first-order valence-electron chi connectivity index (χ1n) is 5.52. The van der Waals surface area contributed by atoms with E-state index in [1.165, 1.54) is 25.1 Å². The van der Waals surface area contributed by atoms with E-state index in [9.17, 15) is 18.0 Å². The molecule has 102 valence electrons. The molecule has 0 atom stereocenters. The predicted octanol–water partition coefficient (Wildman–Crippen LogP) is 2.43. The first-order chi connectivity index (χ1) is 9.34. The van der Waals surface area contributed by atoms with Crippen LogP contribution < -0.4 is 5.43 Å². The van der Waals surface area contributed by atoms with E-state index in [-0.39, 0.29) is 11.4 Å². The highest BCUT2D eigenvalue weighted by molar-refractivity contribution is 5.43. The highest BCUT2D eigenvalue weighted by atomic mass is 19.4. The molecule has 20 heavy (non-hydrogen) atoms. The molecule has 1 aromatic heterocycles. The number of nitrogens with zero attached hydrogens (tertiary/aromatic N) is 3. The van der Waals surface area contributed by atoms with Crippen LogP contribution in [0.2, 0.25) is 0 Å². The van der Waals surface area contributed by atoms with E-state index in [0.717, 1.165) is 16.8 Å². The minimum atomic E-state index is -4.55. The van der Waals surface area contributed by atoms with Gasteiger partial charge < -0.3 is 0 Å². The van der Waals surface area contributed by atoms with Crippen molar-refractivity contribution in [2.75, 3.05) is 0 Å². The topological polar surface area (TPSA) is 58.7 Å². The van der Waals surface area contributed by atoms with Crippen molar-refractivity contribution in [2.24, 2.45) is 0 Å². The van der Waals surface area contributed by atoms with Gasteiger partial charge in [0.15, 0.2) is 0 Å². The third kappa shape index (κ3) is 2.40. The van der Waals surface area contributed by atoms with E-state index in [0.29, 0.717) is 0 Å². The molecule has 0 bridgehead atoms. The van der Waals surface area contributed by atoms with Crippen molar-refractivity contribution in [1.29, 1.82) is 5.26 Å². The Balaban J connectivity index is 2.77. The number of halogens is 3. The van der Waals surface area contributed by atoms with E-state index in [1.807, 2.05) is 0 Å². The number of nitriles is 1. The maximum absolute atomic E-state index is 13.0. The van der Waals surface area contributed by atoms with Gasteiger partial charge in [0.05, 0.1) is 11.3 Å². The molecule has 0 aliphatic heterocycles. The molecule has 1 heterocycles. The molecule has 0 amide bonds. The first kappa shape index (κ1) is 13.8. The van der Waals surface area contributed by atoms with Gasteiger partial charge in [-0.15, -0.1) is 0 Å². The Hall–Kier alpha value is -2.62. The summed E-state index contributed by atoms with van der Waals surface area (Å²) >= 11 is 0. The molecular formula is C13H8F3N3O. The Morgan fingerprint density at radius 3 is 2.55 bits per heavy atom. The first-order valence-corrected chi connectivity index (χ1v) is 5.52. The fourth-order valence-corrected chi connectivity index (χ4v) is 1.77. The Kier molecular flexibility index (Phi) is 3.32. The van der Waals surface area contributed by atoms with Crippen molar-refractivity contribution in [3.8, 4) is 11.8 Å². The SMILES string of the molecule is Cc1cc(=O)c(C#N)nn1-c1ccccc1C(F)(F)F. The quantitative estimate of drug-likeness (QED) is 0.805. The van der Waals surface area contributed by atoms with E-state index in [4.69, 9.17) is 5.26 Å². The third-order valence-electron chi connectivity index (χ3n) is 2.65. The van der Waals surface area contributed by atoms with Gasteiger partial charge in [0.2, 0.25) is 11.1 Å². The summed E-state index contributed by atoms with van der Waals surface area (Å²) < 4.78 is 39.8. The third-order valence-corrected chi connectivity index (χ3v) is 2.65. The molecule has 2 aromatic rings. The zero-order chi connectivity index (χ0) is 14.9. The van der Waals surface area contributed by atoms with Gasteiger partial charge in [-0.1, -0.05) is 12.1 Å². The van der Waals surface area contributed by atoms with Gasteiger partial charge in [-0.05, 0) is 19.1 Å². The van der Waals surface area contributed by atoms with Crippen LogP contribution in [0.15, 0.2) is 35.1 Å². The molecule has 1 aromatic carbocycles. The normalized spacial score (nSPS) is 11.2. The lowest BCUT2D eigenvalue weighted by Crippen LogP contribution is -2.19. The molecule has 0 spiro atoms. The van der Waals surface area contributed by atoms with Crippen LogP contribution in [0.3, 0.4) is 0 Å². The summed E-state index contributed by atoms with van der Waals surface area (Å²) in [6.45, 7) is 1.45. The van der Waals surface area contributed by atoms with E-state index in [2.05, 4.69) is 5.10 Å². The molecule has 0 unspecified atom stereocenters. The number of alkyl halides is 3. The van der Waals surface area contributed by atoms with Crippen LogP contribution in [0.1, 0.15) is 17.0 Å². The summed E-state index contributed by atoms with van der Waals surface area (Å²) in [6, 6.07) is 7.48. The number of para-hydroxylation sites is 1. The summed E-state index contributed by atoms with van der Waals surface area (Å²) in [6.07, 6.45) is -4.55. The molecule has 0 saturated carbocycles. The Morgan fingerprint density at radius 2 is 1.95 bits per heavy atom. The molecule has 0 N–H and O–H groups in total. The molecule has 4 nitrogen and oxygen atoms in total. The van der Waals surface area contributed by atoms with Gasteiger partial charge in [-0.25, -0.2) is 4.68 Å². The van der Waals surface area contributed by atoms with Gasteiger partial charge in [0.25, 0.3) is 0 Å². The second-order valence-corrected chi connectivity index (χ2v) is 4.04. The molecular weight excluding hydrogens is 271 g/mol. The molecule has 7 heteroatoms. The molecule has 2 rings (SSSR count). The van der Waals surface area contributed by atoms with Gasteiger partial charge in [0.1, 0.15) is 6.07 Å². The second-order valence-electron chi connectivity index (χ2n) is 4.04. The molecule has 0 aliphatic rings. The van der Waals surface area contributed by atoms with Gasteiger partial charge in [-0.2, -0.15) is 23.5 Å². The van der Waals surface area contributed by atoms with Crippen LogP contribution >= 0.6 is 0 Å². The highest BCUT2D eigenvalue weighted by Crippen LogP contribution is 2.33. The Labute approximate surface area is 111 Å². The van der Waals surface area contributed by atoms with Crippen LogP contribution in [0.5, 0.6) is 0 Å². The molecule has 0 fully saturated rings. The average Bonchev–Trinajstić information content (AvgIpc) is 2.38. The maximum atomic E-state index is 13.0. The number of hydrogen-bond acceptors (Lipinski definition) is 3. The Bertz CT molecular complexity index is 757. The highest BCUT2D eigenvalue weighted by Gasteiger charge is 2.34. The van der Waals surface area contributed by atoms with Crippen LogP contribution in [0, 0.1) is 18.3 Å². The smallest absolute Gasteiger partial charge is 0.287 e. The second kappa shape index (κ2) is 4.81. The minimum Gasteiger partial charge on any atom is -0.287 e. The summed E-state index contributed by atoms with van der Waals surface area (Å²) in [5.41, 5.74) is -1.97. The van der Waals surface area contributed by atoms with Crippen molar-refractivity contribution in [2.45, 2.75) is 13.1 Å². The average molecular weight is 279 g/mol. The van der Waals surface area contributed by atoms with Crippen LogP contribution in [0.4, 0.5) is 13.2 Å². The number of aryl methyl sites for hydroxylation is 1. The minimum absolute atomic E-state index is 0.214. The van der Waals surface area contributed by atoms with Crippen molar-refractivity contribution in [3.63, 3.8) is 0 Å². The van der Waals surface area contributed by atoms with E-state index in [1.54, 1.807) is 6.07 Å². The van der Waals surface area contributed by atoms with Crippen molar-refractivity contribution in [3.05, 3.63) is 57.5 Å². The predicted molar refractivity (Wildman–Crippen MR) is 64.3 cm³/mol. The summed E-state index contributed by atoms with van der Waals surface area (Å²) in [5, 5.41) is 12.4. The van der Waals surface area contributed by atoms with E-state index < -0.39 is 22.9 Å². The number of aromatic nitrogens is 2. The van der Waals surface area contributed by atoms with Gasteiger partial charge in [-0.3, -0.25) is 4.79 Å². The number of rotatable bonds is 1. The zero-order valence-corrected chi connectivity index (χ0v) is 10.3. The summed E-state index contributed by atoms with van der Waals surface area (Å²) in [4.78, 5) is 11.4. The van der Waals surface area contributed by atoms with Crippen molar-refractivity contribution < 1.29 is 13.2 Å². The largest absolute Gasteiger partial charge is 0.418 e. The van der Waals surface area contributed by atoms with Crippen molar-refractivity contribution in [1.82, 2.24) is 9.78 Å². The summed E-state index contributed by atoms with van der Waals surface area (Å²) in [7, 11) is 0. The monoisotopic (exact) mass is 279 g/mol. The maximum Gasteiger partial charge on any atom is 0.418 e. The van der Waals surface area contributed by atoms with Crippen LogP contribution in [0.25, 0.3) is 5.69 Å². The number of benzene rings is 1. The summed E-state index contributed by atoms with van der Waals surface area (Å²) in [5.74, 6) is 0.